The summed E-state index contributed by atoms with van der Waals surface area (Å²) in [6.45, 7) is 7.17. The van der Waals surface area contributed by atoms with Gasteiger partial charge >= 0.3 is 0 Å². The van der Waals surface area contributed by atoms with Crippen LogP contribution in [0.15, 0.2) is 60.0 Å². The first kappa shape index (κ1) is 19.4. The largest absolute Gasteiger partial charge is 0.370 e. The van der Waals surface area contributed by atoms with E-state index in [1.165, 1.54) is 21.2 Å². The van der Waals surface area contributed by atoms with Crippen molar-refractivity contribution in [3.05, 3.63) is 71.1 Å². The number of thiophene rings is 1. The van der Waals surface area contributed by atoms with Crippen LogP contribution in [0, 0.1) is 6.92 Å². The van der Waals surface area contributed by atoms with Crippen molar-refractivity contribution in [1.82, 2.24) is 9.97 Å². The maximum Gasteiger partial charge on any atom is 0.165 e. The number of rotatable bonds is 7. The molecule has 0 fully saturated rings. The summed E-state index contributed by atoms with van der Waals surface area (Å²) in [5, 5.41) is 10.3. The lowest BCUT2D eigenvalue weighted by Gasteiger charge is -2.13. The van der Waals surface area contributed by atoms with Gasteiger partial charge < -0.3 is 10.6 Å². The summed E-state index contributed by atoms with van der Waals surface area (Å²) in [5.41, 5.74) is 3.69. The molecule has 5 heteroatoms. The summed E-state index contributed by atoms with van der Waals surface area (Å²) in [6, 6.07) is 19.4. The van der Waals surface area contributed by atoms with Gasteiger partial charge in [-0.2, -0.15) is 0 Å². The molecule has 29 heavy (non-hydrogen) atoms. The van der Waals surface area contributed by atoms with E-state index in [1.807, 2.05) is 6.07 Å². The van der Waals surface area contributed by atoms with Gasteiger partial charge in [0.2, 0.25) is 0 Å². The molecule has 2 heterocycles. The molecule has 0 radical (unpaired) electrons. The Labute approximate surface area is 176 Å². The normalized spacial score (nSPS) is 11.2. The van der Waals surface area contributed by atoms with Crippen LogP contribution < -0.4 is 10.6 Å². The van der Waals surface area contributed by atoms with Crippen LogP contribution in [-0.2, 0) is 6.42 Å². The number of hydrogen-bond acceptors (Lipinski definition) is 5. The number of fused-ring (bicyclic) bond motifs is 1. The lowest BCUT2D eigenvalue weighted by atomic mass is 10.1. The second-order valence-electron chi connectivity index (χ2n) is 7.57. The Morgan fingerprint density at radius 3 is 2.52 bits per heavy atom. The van der Waals surface area contributed by atoms with Crippen LogP contribution >= 0.6 is 11.3 Å². The zero-order valence-electron chi connectivity index (χ0n) is 17.1. The molecular weight excluding hydrogens is 376 g/mol. The van der Waals surface area contributed by atoms with E-state index >= 15 is 0 Å². The number of anilines is 2. The molecule has 0 saturated carbocycles. The fourth-order valence-electron chi connectivity index (χ4n) is 3.27. The molecule has 0 aliphatic carbocycles. The third-order valence-corrected chi connectivity index (χ3v) is 5.69. The molecule has 2 aromatic carbocycles. The van der Waals surface area contributed by atoms with Crippen molar-refractivity contribution in [3.63, 3.8) is 0 Å². The Bertz CT molecular complexity index is 1100. The van der Waals surface area contributed by atoms with Gasteiger partial charge in [0, 0.05) is 39.7 Å². The Kier molecular flexibility index (Phi) is 5.76. The molecular formula is C24H26N4S. The van der Waals surface area contributed by atoms with Crippen LogP contribution in [-0.4, -0.2) is 22.6 Å². The van der Waals surface area contributed by atoms with E-state index < -0.39 is 0 Å². The highest BCUT2D eigenvalue weighted by Gasteiger charge is 2.12. The predicted octanol–water partition coefficient (Wildman–Crippen LogP) is 6.14. The topological polar surface area (TPSA) is 49.8 Å². The van der Waals surface area contributed by atoms with Gasteiger partial charge in [-0.05, 0) is 38.8 Å². The molecule has 4 aromatic rings. The number of hydrogen-bond donors (Lipinski definition) is 2. The molecule has 4 rings (SSSR count). The lowest BCUT2D eigenvalue weighted by Crippen LogP contribution is -2.13. The van der Waals surface area contributed by atoms with Crippen molar-refractivity contribution in [2.24, 2.45) is 0 Å². The van der Waals surface area contributed by atoms with Gasteiger partial charge in [-0.25, -0.2) is 9.97 Å². The van der Waals surface area contributed by atoms with Crippen LogP contribution in [0.5, 0.6) is 0 Å². The number of aryl methyl sites for hydroxylation is 1. The van der Waals surface area contributed by atoms with Crippen LogP contribution in [0.2, 0.25) is 0 Å². The molecule has 0 saturated heterocycles. The second-order valence-corrected chi connectivity index (χ2v) is 8.48. The third-order valence-electron chi connectivity index (χ3n) is 4.72. The van der Waals surface area contributed by atoms with E-state index in [2.05, 4.69) is 85.3 Å². The van der Waals surface area contributed by atoms with Crippen molar-refractivity contribution in [3.8, 4) is 11.4 Å². The van der Waals surface area contributed by atoms with Crippen LogP contribution in [0.1, 0.15) is 25.0 Å². The van der Waals surface area contributed by atoms with Crippen LogP contribution in [0.25, 0.3) is 21.5 Å². The highest BCUT2D eigenvalue weighted by molar-refractivity contribution is 7.17. The fraction of sp³-hybridized carbons (Fsp3) is 0.250. The summed E-state index contributed by atoms with van der Waals surface area (Å²) in [7, 11) is 0. The Morgan fingerprint density at radius 1 is 0.966 bits per heavy atom. The highest BCUT2D eigenvalue weighted by atomic mass is 32.1. The molecule has 4 nitrogen and oxygen atoms in total. The first-order valence-corrected chi connectivity index (χ1v) is 10.9. The zero-order valence-corrected chi connectivity index (χ0v) is 17.9. The van der Waals surface area contributed by atoms with E-state index in [9.17, 15) is 0 Å². The Hall–Kier alpha value is -2.92. The van der Waals surface area contributed by atoms with Gasteiger partial charge in [-0.1, -0.05) is 48.0 Å². The van der Waals surface area contributed by atoms with E-state index in [0.29, 0.717) is 6.04 Å². The average molecular weight is 403 g/mol. The van der Waals surface area contributed by atoms with Gasteiger partial charge in [0.25, 0.3) is 0 Å². The summed E-state index contributed by atoms with van der Waals surface area (Å²) < 4.78 is 1.25. The highest BCUT2D eigenvalue weighted by Crippen LogP contribution is 2.33. The molecule has 2 aromatic heterocycles. The first-order valence-electron chi connectivity index (χ1n) is 10.00. The van der Waals surface area contributed by atoms with Crippen molar-refractivity contribution in [2.75, 3.05) is 17.2 Å². The molecule has 0 bridgehead atoms. The van der Waals surface area contributed by atoms with Crippen LogP contribution in [0.3, 0.4) is 0 Å². The summed E-state index contributed by atoms with van der Waals surface area (Å²) in [5.74, 6) is 2.45. The Balaban J connectivity index is 1.59. The quantitative estimate of drug-likeness (QED) is 0.390. The van der Waals surface area contributed by atoms with Crippen molar-refractivity contribution >= 4 is 33.1 Å². The average Bonchev–Trinajstić information content (AvgIpc) is 3.13. The van der Waals surface area contributed by atoms with Gasteiger partial charge in [0.15, 0.2) is 5.82 Å². The van der Waals surface area contributed by atoms with E-state index in [0.717, 1.165) is 36.0 Å². The molecule has 0 atom stereocenters. The summed E-state index contributed by atoms with van der Waals surface area (Å²) in [6.07, 6.45) is 0.952. The molecule has 0 aliphatic heterocycles. The van der Waals surface area contributed by atoms with Gasteiger partial charge in [-0.3, -0.25) is 0 Å². The summed E-state index contributed by atoms with van der Waals surface area (Å²) in [4.78, 5) is 9.61. The number of nitrogens with one attached hydrogen (secondary N) is 2. The molecule has 0 aliphatic rings. The van der Waals surface area contributed by atoms with Crippen molar-refractivity contribution in [2.45, 2.75) is 33.2 Å². The van der Waals surface area contributed by atoms with Crippen molar-refractivity contribution in [1.29, 1.82) is 0 Å². The number of benzene rings is 2. The maximum atomic E-state index is 4.82. The molecule has 0 amide bonds. The van der Waals surface area contributed by atoms with Gasteiger partial charge in [-0.15, -0.1) is 11.3 Å². The smallest absolute Gasteiger partial charge is 0.165 e. The standard InChI is InChI=1S/C24H26N4S/c1-16(2)26-23-14-22(25-13-12-18-10-8-17(3)9-11-18)27-24(28-23)20-15-29-21-7-5-4-6-19(20)21/h4-11,14-16H,12-13H2,1-3H3,(H2,25,26,27,28). The SMILES string of the molecule is Cc1ccc(CCNc2cc(NC(C)C)nc(-c3csc4ccccc34)n2)cc1. The summed E-state index contributed by atoms with van der Waals surface area (Å²) >= 11 is 1.73. The number of nitrogens with zero attached hydrogens (tertiary/aromatic N) is 2. The van der Waals surface area contributed by atoms with Crippen molar-refractivity contribution < 1.29 is 0 Å². The molecule has 2 N–H and O–H groups in total. The van der Waals surface area contributed by atoms with Gasteiger partial charge in [0.05, 0.1) is 0 Å². The fourth-order valence-corrected chi connectivity index (χ4v) is 4.21. The second kappa shape index (κ2) is 8.62. The van der Waals surface area contributed by atoms with E-state index in [4.69, 9.17) is 9.97 Å². The van der Waals surface area contributed by atoms with Gasteiger partial charge in [0.1, 0.15) is 11.6 Å². The third kappa shape index (κ3) is 4.74. The molecule has 0 spiro atoms. The zero-order chi connectivity index (χ0) is 20.2. The van der Waals surface area contributed by atoms with E-state index in [-0.39, 0.29) is 0 Å². The van der Waals surface area contributed by atoms with E-state index in [1.54, 1.807) is 11.3 Å². The molecule has 148 valence electrons. The Morgan fingerprint density at radius 2 is 1.72 bits per heavy atom. The minimum Gasteiger partial charge on any atom is -0.370 e. The lowest BCUT2D eigenvalue weighted by molar-refractivity contribution is 0.886. The maximum absolute atomic E-state index is 4.82. The predicted molar refractivity (Wildman–Crippen MR) is 125 cm³/mol. The number of aromatic nitrogens is 2. The minimum absolute atomic E-state index is 0.303. The monoisotopic (exact) mass is 402 g/mol. The molecule has 0 unspecified atom stereocenters. The first-order chi connectivity index (χ1) is 14.1. The van der Waals surface area contributed by atoms with Crippen LogP contribution in [0.4, 0.5) is 11.6 Å². The minimum atomic E-state index is 0.303.